The highest BCUT2D eigenvalue weighted by Gasteiger charge is 2.20. The summed E-state index contributed by atoms with van der Waals surface area (Å²) in [6, 6.07) is 6.23. The second-order valence-electron chi connectivity index (χ2n) is 4.64. The summed E-state index contributed by atoms with van der Waals surface area (Å²) in [5.41, 5.74) is 0. The number of rotatable bonds is 9. The van der Waals surface area contributed by atoms with Crippen molar-refractivity contribution in [1.29, 1.82) is 0 Å². The second-order valence-corrected chi connectivity index (χ2v) is 6.69. The first-order valence-electron chi connectivity index (χ1n) is 6.79. The number of hydrogen-bond acceptors (Lipinski definition) is 4. The van der Waals surface area contributed by atoms with E-state index in [1.807, 2.05) is 6.92 Å². The normalized spacial score (nSPS) is 11.6. The minimum Gasteiger partial charge on any atom is -0.494 e. The van der Waals surface area contributed by atoms with Gasteiger partial charge in [0.25, 0.3) is 0 Å². The van der Waals surface area contributed by atoms with Gasteiger partial charge in [0.05, 0.1) is 11.5 Å². The van der Waals surface area contributed by atoms with Crippen molar-refractivity contribution in [2.24, 2.45) is 0 Å². The molecule has 0 aliphatic carbocycles. The first kappa shape index (κ1) is 17.5. The summed E-state index contributed by atoms with van der Waals surface area (Å²) < 4.78 is 31.1. The summed E-state index contributed by atoms with van der Waals surface area (Å²) in [7, 11) is -2.15. The molecule has 6 nitrogen and oxygen atoms in total. The Balaban J connectivity index is 2.70. The molecule has 0 saturated carbocycles. The summed E-state index contributed by atoms with van der Waals surface area (Å²) in [6.07, 6.45) is 1.11. The summed E-state index contributed by atoms with van der Waals surface area (Å²) >= 11 is 0. The summed E-state index contributed by atoms with van der Waals surface area (Å²) in [5.74, 6) is -0.303. The quantitative estimate of drug-likeness (QED) is 0.753. The largest absolute Gasteiger partial charge is 0.494 e. The van der Waals surface area contributed by atoms with Gasteiger partial charge in [-0.1, -0.05) is 6.92 Å². The van der Waals surface area contributed by atoms with Crippen LogP contribution in [0.15, 0.2) is 29.2 Å². The highest BCUT2D eigenvalue weighted by Crippen LogP contribution is 2.19. The van der Waals surface area contributed by atoms with Crippen LogP contribution in [0.3, 0.4) is 0 Å². The van der Waals surface area contributed by atoms with E-state index in [1.165, 1.54) is 19.2 Å². The number of carboxylic acid groups (broad SMARTS) is 1. The van der Waals surface area contributed by atoms with Crippen LogP contribution in [-0.4, -0.2) is 44.0 Å². The van der Waals surface area contributed by atoms with Crippen molar-refractivity contribution in [2.45, 2.75) is 31.1 Å². The number of nitrogens with zero attached hydrogens (tertiary/aromatic N) is 1. The Morgan fingerprint density at radius 1 is 1.29 bits per heavy atom. The monoisotopic (exact) mass is 315 g/mol. The lowest BCUT2D eigenvalue weighted by Gasteiger charge is -2.17. The fourth-order valence-corrected chi connectivity index (χ4v) is 2.89. The fourth-order valence-electron chi connectivity index (χ4n) is 1.68. The number of benzene rings is 1. The Bertz CT molecular complexity index is 553. The van der Waals surface area contributed by atoms with Gasteiger partial charge in [-0.2, -0.15) is 0 Å². The van der Waals surface area contributed by atoms with E-state index in [0.717, 1.165) is 10.7 Å². The zero-order chi connectivity index (χ0) is 15.9. The predicted octanol–water partition coefficient (Wildman–Crippen LogP) is 1.96. The minimum absolute atomic E-state index is 0.0519. The molecule has 0 radical (unpaired) electrons. The van der Waals surface area contributed by atoms with Crippen molar-refractivity contribution >= 4 is 16.0 Å². The van der Waals surface area contributed by atoms with Crippen LogP contribution in [0.4, 0.5) is 0 Å². The van der Waals surface area contributed by atoms with Crippen molar-refractivity contribution in [2.75, 3.05) is 20.2 Å². The lowest BCUT2D eigenvalue weighted by atomic mass is 10.3. The Morgan fingerprint density at radius 3 is 2.43 bits per heavy atom. The molecule has 0 aromatic heterocycles. The fraction of sp³-hybridized carbons (Fsp3) is 0.500. The molecule has 0 fully saturated rings. The minimum atomic E-state index is -3.59. The number of hydrogen-bond donors (Lipinski definition) is 1. The molecule has 0 unspecified atom stereocenters. The number of sulfonamides is 1. The van der Waals surface area contributed by atoms with Crippen LogP contribution in [0.5, 0.6) is 5.75 Å². The van der Waals surface area contributed by atoms with Crippen LogP contribution < -0.4 is 4.74 Å². The van der Waals surface area contributed by atoms with Crippen LogP contribution in [0, 0.1) is 0 Å². The predicted molar refractivity (Wildman–Crippen MR) is 78.9 cm³/mol. The molecule has 0 saturated heterocycles. The van der Waals surface area contributed by atoms with Gasteiger partial charge in [0.2, 0.25) is 10.0 Å². The van der Waals surface area contributed by atoms with Gasteiger partial charge >= 0.3 is 5.97 Å². The van der Waals surface area contributed by atoms with E-state index in [4.69, 9.17) is 9.84 Å². The van der Waals surface area contributed by atoms with Gasteiger partial charge < -0.3 is 9.84 Å². The Labute approximate surface area is 125 Å². The zero-order valence-electron chi connectivity index (χ0n) is 12.3. The molecular formula is C14H21NO5S. The maximum atomic E-state index is 12.3. The van der Waals surface area contributed by atoms with E-state index in [9.17, 15) is 13.2 Å². The average Bonchev–Trinajstić information content (AvgIpc) is 2.45. The molecule has 1 aromatic carbocycles. The second kappa shape index (κ2) is 7.99. The van der Waals surface area contributed by atoms with Crippen molar-refractivity contribution in [3.05, 3.63) is 24.3 Å². The first-order valence-corrected chi connectivity index (χ1v) is 8.23. The summed E-state index contributed by atoms with van der Waals surface area (Å²) in [6.45, 7) is 2.74. The van der Waals surface area contributed by atoms with Crippen molar-refractivity contribution in [3.8, 4) is 5.75 Å². The molecule has 0 heterocycles. The van der Waals surface area contributed by atoms with E-state index < -0.39 is 16.0 Å². The van der Waals surface area contributed by atoms with Gasteiger partial charge in [-0.05, 0) is 37.1 Å². The van der Waals surface area contributed by atoms with Gasteiger partial charge in [-0.3, -0.25) is 4.79 Å². The SMILES string of the molecule is CCCOc1ccc(S(=O)(=O)N(C)CCCC(=O)O)cc1. The first-order chi connectivity index (χ1) is 9.87. The van der Waals surface area contributed by atoms with Gasteiger partial charge in [0.15, 0.2) is 0 Å². The molecule has 0 atom stereocenters. The smallest absolute Gasteiger partial charge is 0.303 e. The van der Waals surface area contributed by atoms with Crippen LogP contribution in [0.2, 0.25) is 0 Å². The average molecular weight is 315 g/mol. The molecule has 1 rings (SSSR count). The van der Waals surface area contributed by atoms with Gasteiger partial charge in [0, 0.05) is 20.0 Å². The number of aliphatic carboxylic acids is 1. The molecule has 1 N–H and O–H groups in total. The van der Waals surface area contributed by atoms with E-state index in [2.05, 4.69) is 0 Å². The Morgan fingerprint density at radius 2 is 1.90 bits per heavy atom. The lowest BCUT2D eigenvalue weighted by molar-refractivity contribution is -0.137. The maximum Gasteiger partial charge on any atom is 0.303 e. The van der Waals surface area contributed by atoms with E-state index in [1.54, 1.807) is 12.1 Å². The zero-order valence-corrected chi connectivity index (χ0v) is 13.1. The third-order valence-electron chi connectivity index (χ3n) is 2.87. The van der Waals surface area contributed by atoms with Crippen molar-refractivity contribution < 1.29 is 23.1 Å². The Kier molecular flexibility index (Phi) is 6.64. The molecule has 0 amide bonds. The van der Waals surface area contributed by atoms with Crippen LogP contribution in [-0.2, 0) is 14.8 Å². The summed E-state index contributed by atoms with van der Waals surface area (Å²) in [5, 5.41) is 8.57. The van der Waals surface area contributed by atoms with Crippen LogP contribution >= 0.6 is 0 Å². The molecule has 0 aliphatic heterocycles. The lowest BCUT2D eigenvalue weighted by Crippen LogP contribution is -2.28. The molecule has 1 aromatic rings. The highest BCUT2D eigenvalue weighted by atomic mass is 32.2. The summed E-state index contributed by atoms with van der Waals surface area (Å²) in [4.78, 5) is 10.6. The van der Waals surface area contributed by atoms with E-state index >= 15 is 0 Å². The van der Waals surface area contributed by atoms with Gasteiger partial charge in [-0.15, -0.1) is 0 Å². The van der Waals surface area contributed by atoms with Gasteiger partial charge in [-0.25, -0.2) is 12.7 Å². The van der Waals surface area contributed by atoms with Crippen molar-refractivity contribution in [1.82, 2.24) is 4.31 Å². The Hall–Kier alpha value is -1.60. The van der Waals surface area contributed by atoms with Crippen molar-refractivity contribution in [3.63, 3.8) is 0 Å². The molecule has 118 valence electrons. The third kappa shape index (κ3) is 5.35. The molecular weight excluding hydrogens is 294 g/mol. The number of carboxylic acids is 1. The van der Waals surface area contributed by atoms with E-state index in [-0.39, 0.29) is 24.3 Å². The molecule has 21 heavy (non-hydrogen) atoms. The topological polar surface area (TPSA) is 83.9 Å². The molecule has 7 heteroatoms. The molecule has 0 aliphatic rings. The number of ether oxygens (including phenoxy) is 1. The highest BCUT2D eigenvalue weighted by molar-refractivity contribution is 7.89. The van der Waals surface area contributed by atoms with Crippen LogP contribution in [0.25, 0.3) is 0 Å². The standard InChI is InChI=1S/C14H21NO5S/c1-3-11-20-12-6-8-13(9-7-12)21(18,19)15(2)10-4-5-14(16)17/h6-9H,3-5,10-11H2,1-2H3,(H,16,17). The van der Waals surface area contributed by atoms with Gasteiger partial charge in [0.1, 0.15) is 5.75 Å². The van der Waals surface area contributed by atoms with Crippen LogP contribution in [0.1, 0.15) is 26.2 Å². The molecule has 0 bridgehead atoms. The third-order valence-corrected chi connectivity index (χ3v) is 4.74. The number of carbonyl (C=O) groups is 1. The maximum absolute atomic E-state index is 12.3. The molecule has 0 spiro atoms. The van der Waals surface area contributed by atoms with E-state index in [0.29, 0.717) is 12.4 Å².